The number of methoxy groups -OCH3 is 1. The number of rotatable bonds is 3. The second kappa shape index (κ2) is 7.35. The van der Waals surface area contributed by atoms with Gasteiger partial charge in [-0.1, -0.05) is 6.07 Å². The quantitative estimate of drug-likeness (QED) is 0.835. The van der Waals surface area contributed by atoms with Gasteiger partial charge in [0, 0.05) is 38.5 Å². The molecule has 0 bridgehead atoms. The van der Waals surface area contributed by atoms with Gasteiger partial charge in [0.1, 0.15) is 5.75 Å². The van der Waals surface area contributed by atoms with Crippen molar-refractivity contribution in [1.29, 1.82) is 0 Å². The zero-order valence-corrected chi connectivity index (χ0v) is 16.3. The van der Waals surface area contributed by atoms with Crippen LogP contribution < -0.4 is 4.74 Å². The number of ether oxygens (including phenoxy) is 2. The molecule has 0 saturated carbocycles. The maximum absolute atomic E-state index is 13.4. The SMILES string of the molecule is COc1ccc2c(c1)C[C@@H](C1CCOCC1)N(C(=O)c1cnn(C)c1C)C2. The first-order valence-electron chi connectivity index (χ1n) is 9.61. The summed E-state index contributed by atoms with van der Waals surface area (Å²) in [6, 6.07) is 6.37. The minimum Gasteiger partial charge on any atom is -0.497 e. The highest BCUT2D eigenvalue weighted by Gasteiger charge is 2.37. The molecule has 1 aromatic carbocycles. The molecule has 1 atom stereocenters. The molecular formula is C21H27N3O3. The zero-order valence-electron chi connectivity index (χ0n) is 16.3. The van der Waals surface area contributed by atoms with Crippen molar-refractivity contribution in [3.05, 3.63) is 46.8 Å². The number of carbonyl (C=O) groups excluding carboxylic acids is 1. The third-order valence-electron chi connectivity index (χ3n) is 6.12. The van der Waals surface area contributed by atoms with Crippen molar-refractivity contribution < 1.29 is 14.3 Å². The van der Waals surface area contributed by atoms with Crippen molar-refractivity contribution in [3.8, 4) is 5.75 Å². The van der Waals surface area contributed by atoms with E-state index < -0.39 is 0 Å². The van der Waals surface area contributed by atoms with Gasteiger partial charge in [0.05, 0.1) is 18.9 Å². The monoisotopic (exact) mass is 369 g/mol. The van der Waals surface area contributed by atoms with E-state index in [9.17, 15) is 4.79 Å². The Bertz CT molecular complexity index is 839. The predicted molar refractivity (Wildman–Crippen MR) is 102 cm³/mol. The fourth-order valence-electron chi connectivity index (χ4n) is 4.32. The highest BCUT2D eigenvalue weighted by molar-refractivity contribution is 5.95. The van der Waals surface area contributed by atoms with E-state index >= 15 is 0 Å². The first-order chi connectivity index (χ1) is 13.1. The number of hydrogen-bond donors (Lipinski definition) is 0. The number of amides is 1. The van der Waals surface area contributed by atoms with Crippen LogP contribution in [0, 0.1) is 12.8 Å². The Morgan fingerprint density at radius 1 is 1.26 bits per heavy atom. The maximum Gasteiger partial charge on any atom is 0.257 e. The molecule has 144 valence electrons. The minimum absolute atomic E-state index is 0.0820. The molecule has 0 N–H and O–H groups in total. The van der Waals surface area contributed by atoms with Crippen LogP contribution in [0.1, 0.15) is 40.0 Å². The van der Waals surface area contributed by atoms with Crippen LogP contribution in [0.15, 0.2) is 24.4 Å². The number of fused-ring (bicyclic) bond motifs is 1. The van der Waals surface area contributed by atoms with Crippen LogP contribution in [0.2, 0.25) is 0 Å². The van der Waals surface area contributed by atoms with Gasteiger partial charge in [0.15, 0.2) is 0 Å². The van der Waals surface area contributed by atoms with E-state index in [1.54, 1.807) is 18.0 Å². The molecule has 1 fully saturated rings. The number of carbonyl (C=O) groups is 1. The Morgan fingerprint density at radius 3 is 2.70 bits per heavy atom. The van der Waals surface area contributed by atoms with Crippen molar-refractivity contribution in [2.75, 3.05) is 20.3 Å². The number of benzene rings is 1. The molecule has 4 rings (SSSR count). The lowest BCUT2D eigenvalue weighted by Gasteiger charge is -2.42. The lowest BCUT2D eigenvalue weighted by Crippen LogP contribution is -2.49. The van der Waals surface area contributed by atoms with Crippen molar-refractivity contribution in [2.45, 2.75) is 38.8 Å². The van der Waals surface area contributed by atoms with Gasteiger partial charge < -0.3 is 14.4 Å². The zero-order chi connectivity index (χ0) is 19.0. The Balaban J connectivity index is 1.69. The van der Waals surface area contributed by atoms with E-state index in [1.807, 2.05) is 20.0 Å². The summed E-state index contributed by atoms with van der Waals surface area (Å²) in [5, 5.41) is 4.27. The Kier molecular flexibility index (Phi) is 4.91. The lowest BCUT2D eigenvalue weighted by atomic mass is 9.82. The molecular weight excluding hydrogens is 342 g/mol. The predicted octanol–water partition coefficient (Wildman–Crippen LogP) is 2.73. The molecule has 6 heteroatoms. The summed E-state index contributed by atoms with van der Waals surface area (Å²) in [6.07, 6.45) is 4.56. The fraction of sp³-hybridized carbons (Fsp3) is 0.524. The normalized spacial score (nSPS) is 20.4. The standard InChI is InChI=1S/C21H27N3O3/c1-14-19(12-22-23(14)2)21(25)24-13-16-4-5-18(26-3)10-17(16)11-20(24)15-6-8-27-9-7-15/h4-5,10,12,15,20H,6-9,11,13H2,1-3H3/t20-/m0/s1. The molecule has 2 aliphatic rings. The summed E-state index contributed by atoms with van der Waals surface area (Å²) >= 11 is 0. The number of hydrogen-bond acceptors (Lipinski definition) is 4. The van der Waals surface area contributed by atoms with Crippen molar-refractivity contribution in [3.63, 3.8) is 0 Å². The van der Waals surface area contributed by atoms with Gasteiger partial charge in [0.25, 0.3) is 5.91 Å². The number of aryl methyl sites for hydroxylation is 1. The Morgan fingerprint density at radius 2 is 2.04 bits per heavy atom. The molecule has 1 aromatic heterocycles. The van der Waals surface area contributed by atoms with Crippen LogP contribution in [0.3, 0.4) is 0 Å². The highest BCUT2D eigenvalue weighted by Crippen LogP contribution is 2.34. The Hall–Kier alpha value is -2.34. The van der Waals surface area contributed by atoms with Gasteiger partial charge in [-0.3, -0.25) is 9.48 Å². The van der Waals surface area contributed by atoms with E-state index in [0.717, 1.165) is 43.9 Å². The highest BCUT2D eigenvalue weighted by atomic mass is 16.5. The molecule has 0 spiro atoms. The molecule has 1 amide bonds. The van der Waals surface area contributed by atoms with E-state index in [-0.39, 0.29) is 11.9 Å². The van der Waals surface area contributed by atoms with E-state index in [0.29, 0.717) is 18.0 Å². The third-order valence-corrected chi connectivity index (χ3v) is 6.12. The van der Waals surface area contributed by atoms with Crippen LogP contribution in [-0.4, -0.2) is 47.0 Å². The van der Waals surface area contributed by atoms with E-state index in [1.165, 1.54) is 11.1 Å². The summed E-state index contributed by atoms with van der Waals surface area (Å²) < 4.78 is 12.7. The number of nitrogens with zero attached hydrogens (tertiary/aromatic N) is 3. The molecule has 6 nitrogen and oxygen atoms in total. The van der Waals surface area contributed by atoms with Crippen molar-refractivity contribution in [1.82, 2.24) is 14.7 Å². The third kappa shape index (κ3) is 3.34. The first kappa shape index (κ1) is 18.0. The second-order valence-electron chi connectivity index (χ2n) is 7.56. The molecule has 0 unspecified atom stereocenters. The topological polar surface area (TPSA) is 56.6 Å². The van der Waals surface area contributed by atoms with Crippen LogP contribution >= 0.6 is 0 Å². The summed E-state index contributed by atoms with van der Waals surface area (Å²) in [7, 11) is 3.57. The van der Waals surface area contributed by atoms with Crippen molar-refractivity contribution >= 4 is 5.91 Å². The molecule has 1 saturated heterocycles. The smallest absolute Gasteiger partial charge is 0.257 e. The van der Waals surface area contributed by atoms with Gasteiger partial charge >= 0.3 is 0 Å². The van der Waals surface area contributed by atoms with Crippen molar-refractivity contribution in [2.24, 2.45) is 13.0 Å². The Labute approximate surface area is 160 Å². The van der Waals surface area contributed by atoms with Crippen LogP contribution in [-0.2, 0) is 24.8 Å². The van der Waals surface area contributed by atoms with E-state index in [4.69, 9.17) is 9.47 Å². The lowest BCUT2D eigenvalue weighted by molar-refractivity contribution is 0.0179. The molecule has 3 heterocycles. The number of aromatic nitrogens is 2. The van der Waals surface area contributed by atoms with Gasteiger partial charge in [0.2, 0.25) is 0 Å². The molecule has 27 heavy (non-hydrogen) atoms. The van der Waals surface area contributed by atoms with E-state index in [2.05, 4.69) is 22.1 Å². The van der Waals surface area contributed by atoms with Gasteiger partial charge in [-0.05, 0) is 55.4 Å². The van der Waals surface area contributed by atoms with Gasteiger partial charge in [-0.15, -0.1) is 0 Å². The minimum atomic E-state index is 0.0820. The molecule has 0 aliphatic carbocycles. The first-order valence-corrected chi connectivity index (χ1v) is 9.61. The van der Waals surface area contributed by atoms with Gasteiger partial charge in [-0.25, -0.2) is 0 Å². The van der Waals surface area contributed by atoms with Crippen LogP contribution in [0.25, 0.3) is 0 Å². The fourth-order valence-corrected chi connectivity index (χ4v) is 4.32. The summed E-state index contributed by atoms with van der Waals surface area (Å²) in [5.74, 6) is 1.42. The summed E-state index contributed by atoms with van der Waals surface area (Å²) in [4.78, 5) is 15.5. The summed E-state index contributed by atoms with van der Waals surface area (Å²) in [6.45, 7) is 4.14. The average molecular weight is 369 g/mol. The molecule has 0 radical (unpaired) electrons. The van der Waals surface area contributed by atoms with Crippen LogP contribution in [0.5, 0.6) is 5.75 Å². The second-order valence-corrected chi connectivity index (χ2v) is 7.56. The summed E-state index contributed by atoms with van der Waals surface area (Å²) in [5.41, 5.74) is 4.10. The molecule has 2 aromatic rings. The average Bonchev–Trinajstić information content (AvgIpc) is 3.05. The molecule has 2 aliphatic heterocycles. The van der Waals surface area contributed by atoms with Crippen LogP contribution in [0.4, 0.5) is 0 Å². The maximum atomic E-state index is 13.4. The van der Waals surface area contributed by atoms with Gasteiger partial charge in [-0.2, -0.15) is 5.10 Å². The largest absolute Gasteiger partial charge is 0.497 e.